The molecule has 0 radical (unpaired) electrons. The molecule has 2 aromatic rings. The van der Waals surface area contributed by atoms with Crippen molar-refractivity contribution in [3.8, 4) is 6.07 Å². The predicted octanol–water partition coefficient (Wildman–Crippen LogP) is 0.195. The summed E-state index contributed by atoms with van der Waals surface area (Å²) in [5.41, 5.74) is 0.599. The first kappa shape index (κ1) is 9.99. The van der Waals surface area contributed by atoms with Crippen molar-refractivity contribution >= 4 is 0 Å². The summed E-state index contributed by atoms with van der Waals surface area (Å²) in [4.78, 5) is 6.17. The molecule has 0 unspecified atom stereocenters. The van der Waals surface area contributed by atoms with Crippen molar-refractivity contribution in [1.29, 1.82) is 5.26 Å². The van der Waals surface area contributed by atoms with Crippen LogP contribution in [0, 0.1) is 11.3 Å². The Morgan fingerprint density at radius 1 is 1.53 bits per heavy atom. The fraction of sp³-hybridized carbons (Fsp3) is 0.400. The van der Waals surface area contributed by atoms with E-state index in [4.69, 9.17) is 5.26 Å². The molecule has 86 valence electrons. The second-order valence-electron chi connectivity index (χ2n) is 4.02. The Morgan fingerprint density at radius 2 is 2.41 bits per heavy atom. The minimum absolute atomic E-state index is 0.337. The number of aromatic nitrogens is 4. The molecule has 7 heteroatoms. The van der Waals surface area contributed by atoms with Gasteiger partial charge in [-0.15, -0.1) is 0 Å². The first-order chi connectivity index (χ1) is 8.35. The molecule has 7 nitrogen and oxygen atoms in total. The molecule has 3 heterocycles. The van der Waals surface area contributed by atoms with Gasteiger partial charge >= 0.3 is 0 Å². The van der Waals surface area contributed by atoms with Crippen LogP contribution in [-0.4, -0.2) is 37.9 Å². The third-order valence-corrected chi connectivity index (χ3v) is 2.81. The van der Waals surface area contributed by atoms with Crippen molar-refractivity contribution in [2.24, 2.45) is 0 Å². The summed E-state index contributed by atoms with van der Waals surface area (Å²) < 4.78 is 6.51. The lowest BCUT2D eigenvalue weighted by molar-refractivity contribution is 0.0872. The average Bonchev–Trinajstić information content (AvgIpc) is 2.94. The van der Waals surface area contributed by atoms with Crippen LogP contribution in [0.1, 0.15) is 17.4 Å². The van der Waals surface area contributed by atoms with Gasteiger partial charge in [0, 0.05) is 19.3 Å². The summed E-state index contributed by atoms with van der Waals surface area (Å²) in [5.74, 6) is 0.696. The Morgan fingerprint density at radius 3 is 3.06 bits per heavy atom. The molecule has 0 aliphatic carbocycles. The van der Waals surface area contributed by atoms with Crippen LogP contribution in [0.4, 0.5) is 0 Å². The zero-order chi connectivity index (χ0) is 11.7. The van der Waals surface area contributed by atoms with Crippen LogP contribution in [0.25, 0.3) is 0 Å². The van der Waals surface area contributed by atoms with Gasteiger partial charge in [-0.3, -0.25) is 9.58 Å². The average molecular weight is 230 g/mol. The molecular formula is C10H10N6O. The van der Waals surface area contributed by atoms with Gasteiger partial charge in [-0.05, 0) is 0 Å². The van der Waals surface area contributed by atoms with E-state index < -0.39 is 0 Å². The Labute approximate surface area is 97.3 Å². The second kappa shape index (κ2) is 3.99. The molecule has 0 N–H and O–H groups in total. The number of rotatable bonds is 3. The highest BCUT2D eigenvalue weighted by atomic mass is 16.5. The molecule has 0 amide bonds. The standard InChI is InChI=1S/C10H10N6O/c11-1-8-2-13-16(3-8)9-4-15(5-9)6-10-12-7-17-14-10/h2-3,7,9H,4-6H2. The van der Waals surface area contributed by atoms with E-state index in [0.29, 0.717) is 24.0 Å². The van der Waals surface area contributed by atoms with Crippen molar-refractivity contribution in [3.63, 3.8) is 0 Å². The highest BCUT2D eigenvalue weighted by Gasteiger charge is 2.29. The largest absolute Gasteiger partial charge is 0.343 e. The molecule has 2 aromatic heterocycles. The minimum Gasteiger partial charge on any atom is -0.343 e. The van der Waals surface area contributed by atoms with Crippen molar-refractivity contribution < 1.29 is 4.52 Å². The summed E-state index contributed by atoms with van der Waals surface area (Å²) >= 11 is 0. The Balaban J connectivity index is 1.56. The van der Waals surface area contributed by atoms with Gasteiger partial charge < -0.3 is 4.52 Å². The summed E-state index contributed by atoms with van der Waals surface area (Å²) in [5, 5.41) is 16.6. The van der Waals surface area contributed by atoms with Gasteiger partial charge in [0.1, 0.15) is 6.07 Å². The second-order valence-corrected chi connectivity index (χ2v) is 4.02. The molecule has 1 aliphatic heterocycles. The van der Waals surface area contributed by atoms with Crippen molar-refractivity contribution in [3.05, 3.63) is 30.2 Å². The summed E-state index contributed by atoms with van der Waals surface area (Å²) in [6.45, 7) is 2.47. The molecule has 1 saturated heterocycles. The summed E-state index contributed by atoms with van der Waals surface area (Å²) in [6.07, 6.45) is 4.69. The number of hydrogen-bond donors (Lipinski definition) is 0. The molecule has 1 fully saturated rings. The van der Waals surface area contributed by atoms with E-state index in [1.807, 2.05) is 4.68 Å². The van der Waals surface area contributed by atoms with Crippen molar-refractivity contribution in [2.45, 2.75) is 12.6 Å². The molecule has 0 spiro atoms. The first-order valence-electron chi connectivity index (χ1n) is 5.27. The lowest BCUT2D eigenvalue weighted by Crippen LogP contribution is -2.47. The van der Waals surface area contributed by atoms with Crippen LogP contribution >= 0.6 is 0 Å². The zero-order valence-electron chi connectivity index (χ0n) is 9.02. The first-order valence-corrected chi connectivity index (χ1v) is 5.27. The number of nitrogens with zero attached hydrogens (tertiary/aromatic N) is 6. The van der Waals surface area contributed by atoms with Crippen molar-refractivity contribution in [1.82, 2.24) is 24.8 Å². The monoisotopic (exact) mass is 230 g/mol. The van der Waals surface area contributed by atoms with E-state index >= 15 is 0 Å². The molecule has 0 atom stereocenters. The van der Waals surface area contributed by atoms with Crippen LogP contribution < -0.4 is 0 Å². The third-order valence-electron chi connectivity index (χ3n) is 2.81. The molecule has 0 saturated carbocycles. The lowest BCUT2D eigenvalue weighted by atomic mass is 10.1. The van der Waals surface area contributed by atoms with Gasteiger partial charge in [-0.25, -0.2) is 0 Å². The van der Waals surface area contributed by atoms with Gasteiger partial charge in [0.15, 0.2) is 5.82 Å². The molecular weight excluding hydrogens is 220 g/mol. The van der Waals surface area contributed by atoms with E-state index in [-0.39, 0.29) is 0 Å². The molecule has 3 rings (SSSR count). The third kappa shape index (κ3) is 1.90. The van der Waals surface area contributed by atoms with Crippen LogP contribution in [-0.2, 0) is 6.54 Å². The van der Waals surface area contributed by atoms with Crippen LogP contribution in [0.2, 0.25) is 0 Å². The van der Waals surface area contributed by atoms with E-state index in [1.165, 1.54) is 6.39 Å². The van der Waals surface area contributed by atoms with E-state index in [9.17, 15) is 0 Å². The summed E-state index contributed by atoms with van der Waals surface area (Å²) in [7, 11) is 0. The van der Waals surface area contributed by atoms with Gasteiger partial charge in [-0.1, -0.05) is 5.16 Å². The fourth-order valence-electron chi connectivity index (χ4n) is 1.90. The maximum absolute atomic E-state index is 8.71. The van der Waals surface area contributed by atoms with Gasteiger partial charge in [-0.2, -0.15) is 15.3 Å². The molecule has 1 aliphatic rings. The molecule has 17 heavy (non-hydrogen) atoms. The lowest BCUT2D eigenvalue weighted by Gasteiger charge is -2.38. The molecule has 0 bridgehead atoms. The highest BCUT2D eigenvalue weighted by Crippen LogP contribution is 2.21. The Bertz CT molecular complexity index is 533. The maximum Gasteiger partial charge on any atom is 0.213 e. The van der Waals surface area contributed by atoms with Crippen LogP contribution in [0.15, 0.2) is 23.3 Å². The highest BCUT2D eigenvalue weighted by molar-refractivity contribution is 5.22. The predicted molar refractivity (Wildman–Crippen MR) is 55.6 cm³/mol. The smallest absolute Gasteiger partial charge is 0.213 e. The number of hydrogen-bond acceptors (Lipinski definition) is 6. The number of nitriles is 1. The molecule has 0 aromatic carbocycles. The SMILES string of the molecule is N#Cc1cnn(C2CN(Cc3ncon3)C2)c1. The van der Waals surface area contributed by atoms with Gasteiger partial charge in [0.25, 0.3) is 0 Å². The van der Waals surface area contributed by atoms with E-state index in [0.717, 1.165) is 13.1 Å². The fourth-order valence-corrected chi connectivity index (χ4v) is 1.90. The Hall–Kier alpha value is -2.20. The van der Waals surface area contributed by atoms with Gasteiger partial charge in [0.05, 0.1) is 24.3 Å². The summed E-state index contributed by atoms with van der Waals surface area (Å²) in [6, 6.07) is 2.41. The normalized spacial score (nSPS) is 16.6. The maximum atomic E-state index is 8.71. The van der Waals surface area contributed by atoms with Crippen LogP contribution in [0.5, 0.6) is 0 Å². The topological polar surface area (TPSA) is 83.8 Å². The minimum atomic E-state index is 0.337. The van der Waals surface area contributed by atoms with Crippen LogP contribution in [0.3, 0.4) is 0 Å². The van der Waals surface area contributed by atoms with Gasteiger partial charge in [0.2, 0.25) is 6.39 Å². The van der Waals surface area contributed by atoms with Crippen molar-refractivity contribution in [2.75, 3.05) is 13.1 Å². The quantitative estimate of drug-likeness (QED) is 0.748. The van der Waals surface area contributed by atoms with E-state index in [1.54, 1.807) is 12.4 Å². The Kier molecular flexibility index (Phi) is 2.34. The van der Waals surface area contributed by atoms with E-state index in [2.05, 4.69) is 30.7 Å². The zero-order valence-corrected chi connectivity index (χ0v) is 9.02. The number of likely N-dealkylation sites (tertiary alicyclic amines) is 1.